The van der Waals surface area contributed by atoms with E-state index < -0.39 is 0 Å². The summed E-state index contributed by atoms with van der Waals surface area (Å²) in [5, 5.41) is 24.0. The van der Waals surface area contributed by atoms with Gasteiger partial charge in [-0.05, 0) is 52.5 Å². The first-order chi connectivity index (χ1) is 10.4. The van der Waals surface area contributed by atoms with Crippen LogP contribution in [0.1, 0.15) is 24.4 Å². The number of hydrogen-bond acceptors (Lipinski definition) is 5. The third-order valence-electron chi connectivity index (χ3n) is 3.56. The molecule has 102 valence electrons. The maximum absolute atomic E-state index is 9.22. The molecule has 1 aliphatic rings. The monoisotopic (exact) mass is 293 g/mol. The number of nitrogens with zero attached hydrogens (tertiary/aromatic N) is 5. The van der Waals surface area contributed by atoms with Crippen LogP contribution in [-0.2, 0) is 0 Å². The van der Waals surface area contributed by atoms with Crippen molar-refractivity contribution in [2.45, 2.75) is 28.9 Å². The summed E-state index contributed by atoms with van der Waals surface area (Å²) < 4.78 is 1.90. The standard InChI is InChI=1S/C15H11N5S/c16-9-10-5-8-14(13-4-2-1-3-12(10)13)21-15-17-18-19-20(15)11-6-7-11/h1-5,8,11H,6-7H2. The van der Waals surface area contributed by atoms with Crippen LogP contribution in [0, 0.1) is 11.3 Å². The lowest BCUT2D eigenvalue weighted by molar-refractivity contribution is 0.565. The fourth-order valence-electron chi connectivity index (χ4n) is 2.36. The molecule has 1 saturated carbocycles. The van der Waals surface area contributed by atoms with Crippen LogP contribution in [0.2, 0.25) is 0 Å². The Kier molecular flexibility index (Phi) is 2.86. The molecule has 1 heterocycles. The molecule has 21 heavy (non-hydrogen) atoms. The molecule has 0 amide bonds. The van der Waals surface area contributed by atoms with Crippen LogP contribution in [0.5, 0.6) is 0 Å². The van der Waals surface area contributed by atoms with E-state index in [0.29, 0.717) is 11.6 Å². The second-order valence-electron chi connectivity index (χ2n) is 5.01. The number of rotatable bonds is 3. The van der Waals surface area contributed by atoms with Gasteiger partial charge in [-0.25, -0.2) is 4.68 Å². The average Bonchev–Trinajstić information content (AvgIpc) is 3.27. The second-order valence-corrected chi connectivity index (χ2v) is 6.02. The predicted octanol–water partition coefficient (Wildman–Crippen LogP) is 3.18. The van der Waals surface area contributed by atoms with E-state index in [1.807, 2.05) is 41.1 Å². The molecule has 0 atom stereocenters. The van der Waals surface area contributed by atoms with Crippen molar-refractivity contribution in [1.29, 1.82) is 5.26 Å². The number of tetrazole rings is 1. The van der Waals surface area contributed by atoms with Gasteiger partial charge in [-0.1, -0.05) is 24.3 Å². The summed E-state index contributed by atoms with van der Waals surface area (Å²) in [6.45, 7) is 0. The molecule has 2 aromatic carbocycles. The van der Waals surface area contributed by atoms with Gasteiger partial charge in [-0.3, -0.25) is 0 Å². The minimum absolute atomic E-state index is 0.451. The van der Waals surface area contributed by atoms with E-state index >= 15 is 0 Å². The number of aromatic nitrogens is 4. The zero-order valence-corrected chi connectivity index (χ0v) is 11.9. The summed E-state index contributed by atoms with van der Waals surface area (Å²) in [6, 6.07) is 14.5. The zero-order chi connectivity index (χ0) is 14.2. The van der Waals surface area contributed by atoms with Crippen LogP contribution >= 0.6 is 11.8 Å². The van der Waals surface area contributed by atoms with E-state index in [-0.39, 0.29) is 0 Å². The molecule has 0 unspecified atom stereocenters. The summed E-state index contributed by atoms with van der Waals surface area (Å²) in [5.41, 5.74) is 0.691. The Morgan fingerprint density at radius 1 is 1.14 bits per heavy atom. The third kappa shape index (κ3) is 2.16. The molecule has 5 nitrogen and oxygen atoms in total. The van der Waals surface area contributed by atoms with Gasteiger partial charge < -0.3 is 0 Å². The Morgan fingerprint density at radius 2 is 1.95 bits per heavy atom. The van der Waals surface area contributed by atoms with Gasteiger partial charge in [0.2, 0.25) is 5.16 Å². The summed E-state index contributed by atoms with van der Waals surface area (Å²) in [7, 11) is 0. The van der Waals surface area contributed by atoms with Gasteiger partial charge in [0, 0.05) is 10.3 Å². The molecule has 0 N–H and O–H groups in total. The summed E-state index contributed by atoms with van der Waals surface area (Å²) in [5.74, 6) is 0. The lowest BCUT2D eigenvalue weighted by atomic mass is 10.1. The Balaban J connectivity index is 1.80. The van der Waals surface area contributed by atoms with Crippen molar-refractivity contribution in [3.63, 3.8) is 0 Å². The first-order valence-corrected chi connectivity index (χ1v) is 7.56. The van der Waals surface area contributed by atoms with Crippen molar-refractivity contribution < 1.29 is 0 Å². The van der Waals surface area contributed by atoms with Crippen molar-refractivity contribution in [2.75, 3.05) is 0 Å². The molecule has 0 bridgehead atoms. The van der Waals surface area contributed by atoms with E-state index in [0.717, 1.165) is 33.7 Å². The first-order valence-electron chi connectivity index (χ1n) is 6.74. The van der Waals surface area contributed by atoms with Gasteiger partial charge in [0.1, 0.15) is 0 Å². The summed E-state index contributed by atoms with van der Waals surface area (Å²) in [6.07, 6.45) is 2.29. The highest BCUT2D eigenvalue weighted by molar-refractivity contribution is 7.99. The molecule has 1 fully saturated rings. The van der Waals surface area contributed by atoms with Gasteiger partial charge in [-0.15, -0.1) is 5.10 Å². The molecule has 0 spiro atoms. The lowest BCUT2D eigenvalue weighted by Gasteiger charge is -2.07. The molecule has 0 saturated heterocycles. The Labute approximate surface area is 125 Å². The molecule has 1 aliphatic carbocycles. The topological polar surface area (TPSA) is 67.4 Å². The molecule has 1 aromatic heterocycles. The molecule has 4 rings (SSSR count). The molecule has 3 aromatic rings. The van der Waals surface area contributed by atoms with Crippen molar-refractivity contribution >= 4 is 22.5 Å². The molecule has 6 heteroatoms. The van der Waals surface area contributed by atoms with Gasteiger partial charge in [0.25, 0.3) is 0 Å². The first kappa shape index (κ1) is 12.4. The van der Waals surface area contributed by atoms with Crippen molar-refractivity contribution in [1.82, 2.24) is 20.2 Å². The quantitative estimate of drug-likeness (QED) is 0.742. The highest BCUT2D eigenvalue weighted by Crippen LogP contribution is 2.39. The van der Waals surface area contributed by atoms with Gasteiger partial charge in [-0.2, -0.15) is 5.26 Å². The lowest BCUT2D eigenvalue weighted by Crippen LogP contribution is -1.98. The van der Waals surface area contributed by atoms with E-state index in [2.05, 4.69) is 21.6 Å². The van der Waals surface area contributed by atoms with Crippen LogP contribution < -0.4 is 0 Å². The number of nitriles is 1. The highest BCUT2D eigenvalue weighted by atomic mass is 32.2. The largest absolute Gasteiger partial charge is 0.217 e. The van der Waals surface area contributed by atoms with Gasteiger partial charge in [0.15, 0.2) is 0 Å². The predicted molar refractivity (Wildman–Crippen MR) is 78.9 cm³/mol. The van der Waals surface area contributed by atoms with Crippen LogP contribution in [0.25, 0.3) is 10.8 Å². The summed E-state index contributed by atoms with van der Waals surface area (Å²) >= 11 is 1.56. The van der Waals surface area contributed by atoms with E-state index in [4.69, 9.17) is 0 Å². The van der Waals surface area contributed by atoms with E-state index in [1.54, 1.807) is 11.8 Å². The highest BCUT2D eigenvalue weighted by Gasteiger charge is 2.28. The molecular formula is C15H11N5S. The minimum atomic E-state index is 0.451. The fourth-order valence-corrected chi connectivity index (χ4v) is 3.33. The maximum Gasteiger partial charge on any atom is 0.214 e. The Hall–Kier alpha value is -2.39. The normalized spacial score (nSPS) is 14.2. The van der Waals surface area contributed by atoms with Crippen LogP contribution in [-0.4, -0.2) is 20.2 Å². The third-order valence-corrected chi connectivity index (χ3v) is 4.59. The fraction of sp³-hybridized carbons (Fsp3) is 0.200. The van der Waals surface area contributed by atoms with Crippen LogP contribution in [0.4, 0.5) is 0 Å². The summed E-state index contributed by atoms with van der Waals surface area (Å²) in [4.78, 5) is 1.07. The van der Waals surface area contributed by atoms with Gasteiger partial charge >= 0.3 is 0 Å². The second kappa shape index (κ2) is 4.86. The van der Waals surface area contributed by atoms with Crippen molar-refractivity contribution in [2.24, 2.45) is 0 Å². The molecule has 0 aliphatic heterocycles. The SMILES string of the molecule is N#Cc1ccc(Sc2nnnn2C2CC2)c2ccccc12. The van der Waals surface area contributed by atoms with Crippen LogP contribution in [0.3, 0.4) is 0 Å². The number of fused-ring (bicyclic) bond motifs is 1. The van der Waals surface area contributed by atoms with Crippen molar-refractivity contribution in [3.8, 4) is 6.07 Å². The smallest absolute Gasteiger partial charge is 0.214 e. The molecular weight excluding hydrogens is 282 g/mol. The average molecular weight is 293 g/mol. The Morgan fingerprint density at radius 3 is 2.71 bits per heavy atom. The number of hydrogen-bond donors (Lipinski definition) is 0. The molecule has 0 radical (unpaired) electrons. The maximum atomic E-state index is 9.22. The van der Waals surface area contributed by atoms with E-state index in [9.17, 15) is 5.26 Å². The zero-order valence-electron chi connectivity index (χ0n) is 11.1. The van der Waals surface area contributed by atoms with E-state index in [1.165, 1.54) is 0 Å². The van der Waals surface area contributed by atoms with Gasteiger partial charge in [0.05, 0.1) is 17.7 Å². The number of benzene rings is 2. The van der Waals surface area contributed by atoms with Crippen LogP contribution in [0.15, 0.2) is 46.5 Å². The van der Waals surface area contributed by atoms with Crippen molar-refractivity contribution in [3.05, 3.63) is 42.0 Å². The Bertz CT molecular complexity index is 860. The minimum Gasteiger partial charge on any atom is -0.217 e.